The number of anilines is 1. The zero-order valence-electron chi connectivity index (χ0n) is 17.1. The standard InChI is InChI=1S/C19H26IN4O6/c1-4-29-17(27)19(23-12(3)25,18(28)30-5-2)9-16(26)14-8-13(6-7-15(14)21)10-20-11-24(20)22/h6-8,22H,4-5,9-11,21H2,1-3H3,(H,23,25)/q-1. The average Bonchev–Trinajstić information content (AvgIpc) is 3.36. The summed E-state index contributed by atoms with van der Waals surface area (Å²) in [4.78, 5) is 50.3. The normalized spacial score (nSPS) is 16.5. The van der Waals surface area contributed by atoms with Gasteiger partial charge in [0.15, 0.2) is 0 Å². The summed E-state index contributed by atoms with van der Waals surface area (Å²) in [6.45, 7) is 4.11. The molecule has 1 heterocycles. The fourth-order valence-corrected chi connectivity index (χ4v) is 6.78. The van der Waals surface area contributed by atoms with Gasteiger partial charge in [-0.3, -0.25) is 0 Å². The number of hydrogen-bond donors (Lipinski definition) is 2. The van der Waals surface area contributed by atoms with Crippen LogP contribution in [0.1, 0.15) is 43.1 Å². The van der Waals surface area contributed by atoms with Crippen molar-refractivity contribution in [3.05, 3.63) is 35.2 Å². The van der Waals surface area contributed by atoms with Crippen LogP contribution in [-0.4, -0.2) is 50.2 Å². The van der Waals surface area contributed by atoms with Crippen LogP contribution in [0.15, 0.2) is 18.2 Å². The fraction of sp³-hybridized carbons (Fsp3) is 0.474. The number of nitrogens with zero attached hydrogens (tertiary/aromatic N) is 1. The van der Waals surface area contributed by atoms with Gasteiger partial charge in [-0.2, -0.15) is 0 Å². The molecule has 1 aliphatic heterocycles. The predicted octanol–water partition coefficient (Wildman–Crippen LogP) is 2.00. The van der Waals surface area contributed by atoms with E-state index < -0.39 is 55.7 Å². The van der Waals surface area contributed by atoms with E-state index in [4.69, 9.17) is 21.1 Å². The Balaban J connectivity index is 2.39. The molecule has 0 aliphatic carbocycles. The molecule has 10 nitrogen and oxygen atoms in total. The van der Waals surface area contributed by atoms with E-state index >= 15 is 0 Å². The quantitative estimate of drug-likeness (QED) is 0.0534. The van der Waals surface area contributed by atoms with Crippen molar-refractivity contribution >= 4 is 49.4 Å². The summed E-state index contributed by atoms with van der Waals surface area (Å²) in [5.74, 6) is 4.17. The van der Waals surface area contributed by atoms with Crippen LogP contribution in [0.5, 0.6) is 0 Å². The van der Waals surface area contributed by atoms with Crippen molar-refractivity contribution in [2.24, 2.45) is 0 Å². The van der Waals surface area contributed by atoms with E-state index in [-0.39, 0.29) is 24.5 Å². The van der Waals surface area contributed by atoms with Crippen LogP contribution in [0.3, 0.4) is 0 Å². The summed E-state index contributed by atoms with van der Waals surface area (Å²) in [6.07, 6.45) is -0.690. The Kier molecular flexibility index (Phi) is 8.15. The van der Waals surface area contributed by atoms with Crippen LogP contribution in [0, 0.1) is 0 Å². The summed E-state index contributed by atoms with van der Waals surface area (Å²) in [5.41, 5.74) is 4.87. The second kappa shape index (κ2) is 10.2. The predicted molar refractivity (Wildman–Crippen MR) is 118 cm³/mol. The Morgan fingerprint density at radius 3 is 2.23 bits per heavy atom. The van der Waals surface area contributed by atoms with Crippen molar-refractivity contribution in [2.45, 2.75) is 37.2 Å². The van der Waals surface area contributed by atoms with Gasteiger partial charge in [-0.1, -0.05) is 0 Å². The van der Waals surface area contributed by atoms with Gasteiger partial charge in [0.05, 0.1) is 0 Å². The Labute approximate surface area is 182 Å². The first-order valence-electron chi connectivity index (χ1n) is 9.30. The molecule has 1 saturated heterocycles. The van der Waals surface area contributed by atoms with Crippen LogP contribution in [0.2, 0.25) is 0 Å². The van der Waals surface area contributed by atoms with Gasteiger partial charge in [0.2, 0.25) is 0 Å². The third-order valence-electron chi connectivity index (χ3n) is 4.26. The molecule has 1 atom stereocenters. The van der Waals surface area contributed by atoms with Crippen LogP contribution < -0.4 is 11.1 Å². The van der Waals surface area contributed by atoms with Gasteiger partial charge in [0.25, 0.3) is 0 Å². The van der Waals surface area contributed by atoms with Crippen LogP contribution in [0.4, 0.5) is 5.69 Å². The number of nitrogen functional groups attached to an aromatic ring is 1. The molecule has 0 aromatic heterocycles. The van der Waals surface area contributed by atoms with E-state index in [1.165, 1.54) is 0 Å². The van der Waals surface area contributed by atoms with Crippen molar-refractivity contribution in [3.63, 3.8) is 0 Å². The van der Waals surface area contributed by atoms with Gasteiger partial charge < -0.3 is 0 Å². The molecule has 1 amide bonds. The van der Waals surface area contributed by atoms with Gasteiger partial charge in [-0.25, -0.2) is 0 Å². The number of amides is 1. The van der Waals surface area contributed by atoms with Crippen LogP contribution in [0.25, 0.3) is 5.84 Å². The molecule has 1 aliphatic rings. The first-order valence-corrected chi connectivity index (χ1v) is 13.3. The number of ketones is 1. The zero-order chi connectivity index (χ0) is 22.5. The third kappa shape index (κ3) is 5.67. The zero-order valence-corrected chi connectivity index (χ0v) is 19.3. The molecule has 2 rings (SSSR count). The van der Waals surface area contributed by atoms with Crippen molar-refractivity contribution in [3.8, 4) is 0 Å². The maximum atomic E-state index is 13.1. The molecule has 1 unspecified atom stereocenters. The second-order valence-corrected chi connectivity index (χ2v) is 11.6. The summed E-state index contributed by atoms with van der Waals surface area (Å²) < 4.78 is 13.1. The number of Topliss-reactive ketones (excluding diaryl/α,β-unsaturated/α-hetero) is 1. The molecular formula is C19H26IN4O6-. The minimum absolute atomic E-state index is 0.0539. The van der Waals surface area contributed by atoms with E-state index in [0.29, 0.717) is 0 Å². The van der Waals surface area contributed by atoms with E-state index in [1.807, 2.05) is 0 Å². The number of hydrogen-bond acceptors (Lipinski definition) is 8. The number of halogens is 1. The maximum absolute atomic E-state index is 13.1. The van der Waals surface area contributed by atoms with Gasteiger partial charge in [0.1, 0.15) is 0 Å². The van der Waals surface area contributed by atoms with Gasteiger partial charge >= 0.3 is 182 Å². The Bertz CT molecular complexity index is 828. The molecule has 1 aromatic rings. The monoisotopic (exact) mass is 533 g/mol. The third-order valence-corrected chi connectivity index (χ3v) is 8.69. The molecule has 4 N–H and O–H groups in total. The molecule has 0 radical (unpaired) electrons. The minimum atomic E-state index is -2.30. The number of rotatable bonds is 10. The first-order chi connectivity index (χ1) is 14.1. The molecule has 0 spiro atoms. The number of nitrogens with two attached hydrogens (primary N) is 1. The SMILES string of the molecule is CCOC(=O)C(CC(=O)c1cc(CI2CN2[NH-])ccc1N)(NC(C)=O)C(=O)OCC. The van der Waals surface area contributed by atoms with Crippen LogP contribution in [-0.2, 0) is 28.3 Å². The molecule has 0 saturated carbocycles. The number of benzene rings is 1. The number of esters is 2. The van der Waals surface area contributed by atoms with Gasteiger partial charge in [-0.15, -0.1) is 0 Å². The van der Waals surface area contributed by atoms with Crippen molar-refractivity contribution in [1.29, 1.82) is 0 Å². The number of ether oxygens (including phenoxy) is 2. The summed E-state index contributed by atoms with van der Waals surface area (Å²) in [6, 6.07) is 5.01. The number of carbonyl (C=O) groups excluding carboxylic acids is 4. The molecular weight excluding hydrogens is 507 g/mol. The summed E-state index contributed by atoms with van der Waals surface area (Å²) in [7, 11) is 0. The summed E-state index contributed by atoms with van der Waals surface area (Å²) >= 11 is -1.45. The van der Waals surface area contributed by atoms with E-state index in [1.54, 1.807) is 35.3 Å². The topological polar surface area (TPSA) is 152 Å². The average molecular weight is 533 g/mol. The Morgan fingerprint density at radius 2 is 1.77 bits per heavy atom. The second-order valence-electron chi connectivity index (χ2n) is 6.59. The molecule has 0 bridgehead atoms. The number of alkyl halides is 2. The van der Waals surface area contributed by atoms with E-state index in [2.05, 4.69) is 5.32 Å². The van der Waals surface area contributed by atoms with Gasteiger partial charge in [-0.05, 0) is 0 Å². The van der Waals surface area contributed by atoms with E-state index in [9.17, 15) is 19.2 Å². The van der Waals surface area contributed by atoms with Gasteiger partial charge in [0, 0.05) is 0 Å². The molecule has 11 heteroatoms. The van der Waals surface area contributed by atoms with E-state index in [0.717, 1.165) is 21.5 Å². The van der Waals surface area contributed by atoms with Crippen LogP contribution >= 0.6 is 20.1 Å². The van der Waals surface area contributed by atoms with Crippen molar-refractivity contribution in [2.75, 3.05) is 23.5 Å². The molecule has 30 heavy (non-hydrogen) atoms. The fourth-order valence-electron chi connectivity index (χ4n) is 2.84. The number of carbonyl (C=O) groups is 4. The molecule has 1 fully saturated rings. The first kappa shape index (κ1) is 24.0. The number of nitrogens with one attached hydrogen (secondary N) is 2. The molecule has 1 aromatic carbocycles. The summed E-state index contributed by atoms with van der Waals surface area (Å²) in [5, 5.41) is 2.27. The van der Waals surface area contributed by atoms with Crippen molar-refractivity contribution < 1.29 is 28.7 Å². The Morgan fingerprint density at radius 1 is 1.20 bits per heavy atom. The Hall–Kier alpha value is -2.25. The molecule has 166 valence electrons. The van der Waals surface area contributed by atoms with Crippen molar-refractivity contribution in [1.82, 2.24) is 8.54 Å².